The lowest BCUT2D eigenvalue weighted by Crippen LogP contribution is -2.26. The quantitative estimate of drug-likeness (QED) is 0.806. The summed E-state index contributed by atoms with van der Waals surface area (Å²) < 4.78 is 32.8. The number of aliphatic hydroxyl groups is 1. The summed E-state index contributed by atoms with van der Waals surface area (Å²) in [6.45, 7) is 3.89. The fourth-order valence-corrected chi connectivity index (χ4v) is 3.66. The molecule has 0 aliphatic carbocycles. The lowest BCUT2D eigenvalue weighted by Gasteiger charge is -2.15. The third-order valence-electron chi connectivity index (χ3n) is 3.96. The van der Waals surface area contributed by atoms with Crippen LogP contribution < -0.4 is 9.46 Å². The zero-order valence-electron chi connectivity index (χ0n) is 14.1. The summed E-state index contributed by atoms with van der Waals surface area (Å²) in [5, 5.41) is 10.1. The van der Waals surface area contributed by atoms with Gasteiger partial charge < -0.3 is 9.84 Å². The maximum absolute atomic E-state index is 12.5. The fraction of sp³-hybridized carbons (Fsp3) is 0.333. The average molecular weight is 349 g/mol. The molecule has 2 rings (SSSR count). The second-order valence-corrected chi connectivity index (χ2v) is 7.44. The number of rotatable bonds is 7. The van der Waals surface area contributed by atoms with Gasteiger partial charge in [-0.3, -0.25) is 0 Å². The summed E-state index contributed by atoms with van der Waals surface area (Å²) in [6, 6.07) is 12.5. The summed E-state index contributed by atoms with van der Waals surface area (Å²) in [7, 11) is -2.26. The molecule has 0 bridgehead atoms. The first kappa shape index (κ1) is 18.4. The molecule has 0 unspecified atom stereocenters. The van der Waals surface area contributed by atoms with Crippen LogP contribution in [-0.4, -0.2) is 27.2 Å². The molecule has 0 aliphatic rings. The molecule has 0 aromatic heterocycles. The Morgan fingerprint density at radius 3 is 2.38 bits per heavy atom. The number of benzene rings is 2. The van der Waals surface area contributed by atoms with Gasteiger partial charge in [0.1, 0.15) is 10.6 Å². The van der Waals surface area contributed by atoms with Crippen LogP contribution in [0.5, 0.6) is 5.75 Å². The molecule has 0 saturated heterocycles. The van der Waals surface area contributed by atoms with Gasteiger partial charge in [0.15, 0.2) is 0 Å². The van der Waals surface area contributed by atoms with Crippen LogP contribution in [0.1, 0.15) is 29.2 Å². The fourth-order valence-electron chi connectivity index (χ4n) is 2.38. The molecule has 24 heavy (non-hydrogen) atoms. The van der Waals surface area contributed by atoms with Crippen LogP contribution in [0.4, 0.5) is 0 Å². The maximum Gasteiger partial charge on any atom is 0.244 e. The number of methoxy groups -OCH3 is 1. The van der Waals surface area contributed by atoms with E-state index >= 15 is 0 Å². The SMILES string of the molecule is COc1cc(C)c(C)cc1S(=O)(=O)NCC[C@@H](O)c1ccccc1. The highest BCUT2D eigenvalue weighted by Crippen LogP contribution is 2.27. The van der Waals surface area contributed by atoms with E-state index in [4.69, 9.17) is 4.74 Å². The van der Waals surface area contributed by atoms with E-state index in [0.717, 1.165) is 16.7 Å². The lowest BCUT2D eigenvalue weighted by molar-refractivity contribution is 0.169. The normalized spacial score (nSPS) is 12.8. The second kappa shape index (κ2) is 7.79. The molecule has 5 nitrogen and oxygen atoms in total. The first-order chi connectivity index (χ1) is 11.3. The largest absolute Gasteiger partial charge is 0.495 e. The van der Waals surface area contributed by atoms with Crippen molar-refractivity contribution in [1.29, 1.82) is 0 Å². The monoisotopic (exact) mass is 349 g/mol. The summed E-state index contributed by atoms with van der Waals surface area (Å²) in [5.41, 5.74) is 2.60. The van der Waals surface area contributed by atoms with Crippen molar-refractivity contribution in [1.82, 2.24) is 4.72 Å². The Morgan fingerprint density at radius 1 is 1.12 bits per heavy atom. The molecule has 0 heterocycles. The van der Waals surface area contributed by atoms with Gasteiger partial charge in [-0.1, -0.05) is 30.3 Å². The Morgan fingerprint density at radius 2 is 1.75 bits per heavy atom. The van der Waals surface area contributed by atoms with Crippen LogP contribution in [0, 0.1) is 13.8 Å². The number of sulfonamides is 1. The van der Waals surface area contributed by atoms with E-state index < -0.39 is 16.1 Å². The smallest absolute Gasteiger partial charge is 0.244 e. The van der Waals surface area contributed by atoms with Crippen molar-refractivity contribution in [3.63, 3.8) is 0 Å². The molecule has 1 atom stereocenters. The Hall–Kier alpha value is -1.89. The van der Waals surface area contributed by atoms with E-state index in [1.165, 1.54) is 7.11 Å². The van der Waals surface area contributed by atoms with E-state index in [2.05, 4.69) is 4.72 Å². The van der Waals surface area contributed by atoms with Gasteiger partial charge in [0.25, 0.3) is 0 Å². The molecule has 6 heteroatoms. The van der Waals surface area contributed by atoms with Crippen LogP contribution in [0.3, 0.4) is 0 Å². The molecule has 0 aliphatic heterocycles. The molecule has 0 amide bonds. The minimum atomic E-state index is -3.71. The highest BCUT2D eigenvalue weighted by Gasteiger charge is 2.20. The Bertz CT molecular complexity index is 788. The van der Waals surface area contributed by atoms with Crippen molar-refractivity contribution < 1.29 is 18.3 Å². The van der Waals surface area contributed by atoms with Gasteiger partial charge in [-0.2, -0.15) is 0 Å². The molecule has 0 spiro atoms. The molecule has 2 N–H and O–H groups in total. The average Bonchev–Trinajstić information content (AvgIpc) is 2.57. The van der Waals surface area contributed by atoms with Gasteiger partial charge in [-0.15, -0.1) is 0 Å². The van der Waals surface area contributed by atoms with Gasteiger partial charge in [0.05, 0.1) is 13.2 Å². The number of ether oxygens (including phenoxy) is 1. The molecule has 130 valence electrons. The summed E-state index contributed by atoms with van der Waals surface area (Å²) >= 11 is 0. The van der Waals surface area contributed by atoms with Crippen LogP contribution in [0.15, 0.2) is 47.4 Å². The Kier molecular flexibility index (Phi) is 5.99. The summed E-state index contributed by atoms with van der Waals surface area (Å²) in [6.07, 6.45) is -0.424. The molecule has 0 saturated carbocycles. The van der Waals surface area contributed by atoms with Crippen molar-refractivity contribution in [2.24, 2.45) is 0 Å². The van der Waals surface area contributed by atoms with Crippen LogP contribution in [-0.2, 0) is 10.0 Å². The van der Waals surface area contributed by atoms with E-state index in [-0.39, 0.29) is 17.9 Å². The van der Waals surface area contributed by atoms with Crippen LogP contribution in [0.25, 0.3) is 0 Å². The summed E-state index contributed by atoms with van der Waals surface area (Å²) in [5.74, 6) is 0.314. The first-order valence-electron chi connectivity index (χ1n) is 7.73. The molecule has 2 aromatic carbocycles. The van der Waals surface area contributed by atoms with Crippen LogP contribution in [0.2, 0.25) is 0 Å². The van der Waals surface area contributed by atoms with Crippen molar-refractivity contribution in [2.45, 2.75) is 31.3 Å². The van der Waals surface area contributed by atoms with Gasteiger partial charge in [0.2, 0.25) is 10.0 Å². The van der Waals surface area contributed by atoms with Gasteiger partial charge in [-0.25, -0.2) is 13.1 Å². The third-order valence-corrected chi connectivity index (χ3v) is 5.45. The highest BCUT2D eigenvalue weighted by atomic mass is 32.2. The zero-order valence-corrected chi connectivity index (χ0v) is 14.9. The highest BCUT2D eigenvalue weighted by molar-refractivity contribution is 7.89. The van der Waals surface area contributed by atoms with Crippen molar-refractivity contribution >= 4 is 10.0 Å². The second-order valence-electron chi connectivity index (χ2n) is 5.70. The molecular formula is C18H23NO4S. The van der Waals surface area contributed by atoms with Gasteiger partial charge in [0, 0.05) is 6.54 Å². The van der Waals surface area contributed by atoms with Gasteiger partial charge >= 0.3 is 0 Å². The molecule has 0 radical (unpaired) electrons. The van der Waals surface area contributed by atoms with Crippen molar-refractivity contribution in [3.8, 4) is 5.75 Å². The number of aliphatic hydroxyl groups excluding tert-OH is 1. The number of hydrogen-bond acceptors (Lipinski definition) is 4. The Labute approximate surface area is 143 Å². The van der Waals surface area contributed by atoms with Crippen LogP contribution >= 0.6 is 0 Å². The Balaban J connectivity index is 2.08. The first-order valence-corrected chi connectivity index (χ1v) is 9.21. The number of nitrogens with one attached hydrogen (secondary N) is 1. The standard InChI is InChI=1S/C18H23NO4S/c1-13-11-17(23-3)18(12-14(13)2)24(21,22)19-10-9-16(20)15-7-5-4-6-8-15/h4-8,11-12,16,19-20H,9-10H2,1-3H3/t16-/m1/s1. The minimum absolute atomic E-state index is 0.113. The predicted octanol–water partition coefficient (Wildman–Crippen LogP) is 2.71. The van der Waals surface area contributed by atoms with Crippen molar-refractivity contribution in [3.05, 3.63) is 59.2 Å². The number of aryl methyl sites for hydroxylation is 2. The third kappa shape index (κ3) is 4.35. The summed E-state index contributed by atoms with van der Waals surface area (Å²) in [4.78, 5) is 0.113. The van der Waals surface area contributed by atoms with E-state index in [0.29, 0.717) is 5.75 Å². The lowest BCUT2D eigenvalue weighted by atomic mass is 10.1. The topological polar surface area (TPSA) is 75.6 Å². The van der Waals surface area contributed by atoms with E-state index in [9.17, 15) is 13.5 Å². The van der Waals surface area contributed by atoms with E-state index in [1.807, 2.05) is 44.2 Å². The molecular weight excluding hydrogens is 326 g/mol. The van der Waals surface area contributed by atoms with E-state index in [1.54, 1.807) is 12.1 Å². The number of hydrogen-bond donors (Lipinski definition) is 2. The molecule has 0 fully saturated rings. The molecule has 2 aromatic rings. The zero-order chi connectivity index (χ0) is 17.7. The van der Waals surface area contributed by atoms with Crippen molar-refractivity contribution in [2.75, 3.05) is 13.7 Å². The minimum Gasteiger partial charge on any atom is -0.495 e. The maximum atomic E-state index is 12.5. The predicted molar refractivity (Wildman–Crippen MR) is 93.7 cm³/mol. The van der Waals surface area contributed by atoms with Gasteiger partial charge in [-0.05, 0) is 49.1 Å².